The highest BCUT2D eigenvalue weighted by Gasteiger charge is 2.29. The third kappa shape index (κ3) is 4.47. The van der Waals surface area contributed by atoms with E-state index in [1.807, 2.05) is 0 Å². The maximum absolute atomic E-state index is 11.9. The number of carbonyl (C=O) groups is 2. The number of ether oxygens (including phenoxy) is 1. The number of amides is 3. The Balaban J connectivity index is 1.63. The summed E-state index contributed by atoms with van der Waals surface area (Å²) in [6, 6.07) is 13.3. The van der Waals surface area contributed by atoms with Gasteiger partial charge in [-0.2, -0.15) is 0 Å². The van der Waals surface area contributed by atoms with Gasteiger partial charge in [0.05, 0.1) is 10.0 Å². The minimum atomic E-state index is -1.16. The van der Waals surface area contributed by atoms with Crippen molar-refractivity contribution in [3.05, 3.63) is 80.8 Å². The monoisotopic (exact) mass is 492 g/mol. The number of phenolic OH excluding ortho intramolecular Hbond substituents is 1. The van der Waals surface area contributed by atoms with Crippen molar-refractivity contribution < 1.29 is 24.5 Å². The Kier molecular flexibility index (Phi) is 6.17. The van der Waals surface area contributed by atoms with Crippen molar-refractivity contribution in [2.45, 2.75) is 6.10 Å². The van der Waals surface area contributed by atoms with E-state index < -0.39 is 18.0 Å². The third-order valence-electron chi connectivity index (χ3n) is 4.77. The summed E-state index contributed by atoms with van der Waals surface area (Å²) in [5.74, 6) is -0.207. The fraction of sp³-hybridized carbons (Fsp3) is 0.0909. The topological polar surface area (TPSA) is 99.1 Å². The van der Waals surface area contributed by atoms with Crippen LogP contribution in [0.4, 0.5) is 10.5 Å². The summed E-state index contributed by atoms with van der Waals surface area (Å²) < 4.78 is 5.81. The summed E-state index contributed by atoms with van der Waals surface area (Å²) in [4.78, 5) is 24.5. The first-order valence-corrected chi connectivity index (χ1v) is 10.4. The minimum Gasteiger partial charge on any atom is -0.508 e. The summed E-state index contributed by atoms with van der Waals surface area (Å²) >= 11 is 18.6. The molecule has 0 saturated carbocycles. The van der Waals surface area contributed by atoms with Crippen LogP contribution in [0.15, 0.2) is 54.6 Å². The van der Waals surface area contributed by atoms with Gasteiger partial charge in [0.1, 0.15) is 24.1 Å². The van der Waals surface area contributed by atoms with Gasteiger partial charge in [0.15, 0.2) is 5.75 Å². The molecule has 0 aliphatic carbocycles. The number of aliphatic hydroxyl groups excluding tert-OH is 1. The van der Waals surface area contributed by atoms with Gasteiger partial charge in [-0.1, -0.05) is 46.9 Å². The van der Waals surface area contributed by atoms with Crippen LogP contribution in [0.25, 0.3) is 0 Å². The fourth-order valence-corrected chi connectivity index (χ4v) is 3.99. The van der Waals surface area contributed by atoms with Gasteiger partial charge < -0.3 is 14.9 Å². The number of aliphatic hydroxyl groups is 1. The lowest BCUT2D eigenvalue weighted by molar-refractivity contribution is -0.117. The van der Waals surface area contributed by atoms with E-state index in [4.69, 9.17) is 39.5 Å². The molecule has 1 saturated heterocycles. The fourth-order valence-electron chi connectivity index (χ4n) is 3.24. The summed E-state index contributed by atoms with van der Waals surface area (Å²) in [7, 11) is 0. The van der Waals surface area contributed by atoms with Gasteiger partial charge in [-0.15, -0.1) is 0 Å². The number of carbonyl (C=O) groups excluding carboxylic acids is 2. The van der Waals surface area contributed by atoms with E-state index in [1.165, 1.54) is 35.2 Å². The maximum atomic E-state index is 11.9. The molecule has 32 heavy (non-hydrogen) atoms. The van der Waals surface area contributed by atoms with Crippen LogP contribution >= 0.6 is 34.8 Å². The molecule has 1 heterocycles. The van der Waals surface area contributed by atoms with Crippen LogP contribution in [0.5, 0.6) is 17.2 Å². The molecule has 0 spiro atoms. The van der Waals surface area contributed by atoms with Gasteiger partial charge in [0, 0.05) is 16.3 Å². The van der Waals surface area contributed by atoms with Crippen molar-refractivity contribution in [1.29, 1.82) is 0 Å². The molecule has 0 aromatic heterocycles. The van der Waals surface area contributed by atoms with Crippen molar-refractivity contribution in [2.75, 3.05) is 11.4 Å². The van der Waals surface area contributed by atoms with Crippen LogP contribution in [-0.2, 0) is 4.79 Å². The van der Waals surface area contributed by atoms with E-state index in [-0.39, 0.29) is 39.4 Å². The quantitative estimate of drug-likeness (QED) is 0.420. The smallest absolute Gasteiger partial charge is 0.329 e. The largest absolute Gasteiger partial charge is 0.508 e. The second-order valence-corrected chi connectivity index (χ2v) is 8.21. The first-order valence-electron chi connectivity index (χ1n) is 9.27. The molecule has 0 bridgehead atoms. The van der Waals surface area contributed by atoms with Crippen molar-refractivity contribution in [3.8, 4) is 17.2 Å². The lowest BCUT2D eigenvalue weighted by atomic mass is 10.0. The molecule has 1 aliphatic heterocycles. The zero-order valence-electron chi connectivity index (χ0n) is 16.2. The Morgan fingerprint density at radius 1 is 1.00 bits per heavy atom. The molecule has 3 aromatic rings. The Bertz CT molecular complexity index is 1210. The lowest BCUT2D eigenvalue weighted by Gasteiger charge is -2.18. The zero-order valence-corrected chi connectivity index (χ0v) is 18.4. The second kappa shape index (κ2) is 8.88. The highest BCUT2D eigenvalue weighted by molar-refractivity contribution is 6.38. The molecular weight excluding hydrogens is 479 g/mol. The number of imide groups is 1. The number of phenols is 1. The number of nitrogens with zero attached hydrogens (tertiary/aromatic N) is 1. The van der Waals surface area contributed by atoms with E-state index in [0.717, 1.165) is 0 Å². The average Bonchev–Trinajstić information content (AvgIpc) is 3.09. The Morgan fingerprint density at radius 2 is 1.72 bits per heavy atom. The predicted molar refractivity (Wildman–Crippen MR) is 121 cm³/mol. The zero-order chi connectivity index (χ0) is 23.0. The van der Waals surface area contributed by atoms with Crippen molar-refractivity contribution in [1.82, 2.24) is 5.32 Å². The van der Waals surface area contributed by atoms with Crippen molar-refractivity contribution in [2.24, 2.45) is 0 Å². The Morgan fingerprint density at radius 3 is 2.34 bits per heavy atom. The summed E-state index contributed by atoms with van der Waals surface area (Å²) in [5.41, 5.74) is 1.02. The molecule has 1 aliphatic rings. The number of rotatable bonds is 5. The molecule has 4 rings (SSSR count). The molecule has 164 valence electrons. The summed E-state index contributed by atoms with van der Waals surface area (Å²) in [5, 5.41) is 23.8. The minimum absolute atomic E-state index is 0.102. The van der Waals surface area contributed by atoms with Gasteiger partial charge in [-0.25, -0.2) is 4.79 Å². The molecule has 1 fully saturated rings. The summed E-state index contributed by atoms with van der Waals surface area (Å²) in [6.45, 7) is -0.144. The standard InChI is InChI=1S/C22H15Cl3N2O5/c23-12-3-1-2-11(6-12)20(30)15-9-14(4-5-18(15)28)32-21-16(24)7-13(8-17(21)25)27-10-19(29)26-22(27)31/h1-9,20,28,30H,10H2,(H,26,29,31). The number of aromatic hydroxyl groups is 1. The number of benzene rings is 3. The Labute approximate surface area is 197 Å². The molecule has 10 heteroatoms. The van der Waals surface area contributed by atoms with Crippen LogP contribution in [0, 0.1) is 0 Å². The SMILES string of the molecule is O=C1CN(c2cc(Cl)c(Oc3ccc(O)c(C(O)c4cccc(Cl)c4)c3)c(Cl)c2)C(=O)N1. The highest BCUT2D eigenvalue weighted by Crippen LogP contribution is 2.41. The molecular formula is C22H15Cl3N2O5. The number of anilines is 1. The van der Waals surface area contributed by atoms with Crippen LogP contribution < -0.4 is 15.0 Å². The number of urea groups is 1. The lowest BCUT2D eigenvalue weighted by Crippen LogP contribution is -2.27. The van der Waals surface area contributed by atoms with Gasteiger partial charge in [0.25, 0.3) is 0 Å². The van der Waals surface area contributed by atoms with Gasteiger partial charge in [-0.05, 0) is 48.0 Å². The molecule has 1 atom stereocenters. The maximum Gasteiger partial charge on any atom is 0.329 e. The van der Waals surface area contributed by atoms with E-state index in [0.29, 0.717) is 16.3 Å². The van der Waals surface area contributed by atoms with Crippen LogP contribution in [0.3, 0.4) is 0 Å². The van der Waals surface area contributed by atoms with Crippen LogP contribution in [0.2, 0.25) is 15.1 Å². The van der Waals surface area contributed by atoms with Crippen LogP contribution in [0.1, 0.15) is 17.2 Å². The number of hydrogen-bond acceptors (Lipinski definition) is 5. The van der Waals surface area contributed by atoms with E-state index in [2.05, 4.69) is 5.32 Å². The summed E-state index contributed by atoms with van der Waals surface area (Å²) in [6.07, 6.45) is -1.16. The van der Waals surface area contributed by atoms with Gasteiger partial charge >= 0.3 is 6.03 Å². The molecule has 3 amide bonds. The second-order valence-electron chi connectivity index (χ2n) is 6.96. The van der Waals surface area contributed by atoms with Crippen LogP contribution in [-0.4, -0.2) is 28.7 Å². The molecule has 7 nitrogen and oxygen atoms in total. The van der Waals surface area contributed by atoms with Crippen molar-refractivity contribution >= 4 is 52.4 Å². The number of halogens is 3. The van der Waals surface area contributed by atoms with Gasteiger partial charge in [-0.3, -0.25) is 15.0 Å². The predicted octanol–water partition coefficient (Wildman–Crippen LogP) is 5.28. The molecule has 3 aromatic carbocycles. The average molecular weight is 494 g/mol. The highest BCUT2D eigenvalue weighted by atomic mass is 35.5. The number of nitrogens with one attached hydrogen (secondary N) is 1. The van der Waals surface area contributed by atoms with E-state index in [9.17, 15) is 19.8 Å². The van der Waals surface area contributed by atoms with E-state index >= 15 is 0 Å². The molecule has 0 radical (unpaired) electrons. The third-order valence-corrected chi connectivity index (χ3v) is 5.56. The molecule has 1 unspecified atom stereocenters. The first kappa shape index (κ1) is 22.2. The first-order chi connectivity index (χ1) is 15.2. The van der Waals surface area contributed by atoms with Gasteiger partial charge in [0.2, 0.25) is 5.91 Å². The molecule has 3 N–H and O–H groups in total. The number of hydrogen-bond donors (Lipinski definition) is 3. The van der Waals surface area contributed by atoms with E-state index in [1.54, 1.807) is 24.3 Å². The Hall–Kier alpha value is -2.97. The van der Waals surface area contributed by atoms with Crippen molar-refractivity contribution in [3.63, 3.8) is 0 Å². The normalized spacial score (nSPS) is 14.4.